The lowest BCUT2D eigenvalue weighted by atomic mass is 9.86. The van der Waals surface area contributed by atoms with E-state index < -0.39 is 11.7 Å². The van der Waals surface area contributed by atoms with E-state index in [1.807, 2.05) is 6.07 Å². The number of piperazine rings is 1. The number of benzene rings is 2. The van der Waals surface area contributed by atoms with Gasteiger partial charge in [0, 0.05) is 38.8 Å². The molecule has 1 saturated heterocycles. The number of imidazole rings is 1. The van der Waals surface area contributed by atoms with Gasteiger partial charge >= 0.3 is 0 Å². The van der Waals surface area contributed by atoms with Crippen molar-refractivity contribution in [3.05, 3.63) is 65.1 Å². The highest BCUT2D eigenvalue weighted by molar-refractivity contribution is 6.06. The van der Waals surface area contributed by atoms with Crippen molar-refractivity contribution in [2.75, 3.05) is 31.5 Å². The fourth-order valence-corrected chi connectivity index (χ4v) is 6.09. The van der Waals surface area contributed by atoms with Crippen molar-refractivity contribution in [3.63, 3.8) is 0 Å². The molecule has 1 aliphatic carbocycles. The van der Waals surface area contributed by atoms with Gasteiger partial charge in [0.2, 0.25) is 0 Å². The number of carbonyl (C=O) groups excluding carboxylic acids is 1. The molecule has 2 fully saturated rings. The summed E-state index contributed by atoms with van der Waals surface area (Å²) < 4.78 is 14.3. The van der Waals surface area contributed by atoms with Gasteiger partial charge in [-0.1, -0.05) is 25.1 Å². The van der Waals surface area contributed by atoms with Gasteiger partial charge in [0.15, 0.2) is 5.82 Å². The molecule has 0 bridgehead atoms. The molecule has 3 N–H and O–H groups in total. The largest absolute Gasteiger partial charge is 0.337 e. The number of hydrogen-bond donors (Lipinski definition) is 3. The summed E-state index contributed by atoms with van der Waals surface area (Å²) in [5, 5.41) is 9.79. The fraction of sp³-hybridized carbons (Fsp3) is 0.433. The molecule has 0 radical (unpaired) electrons. The predicted molar refractivity (Wildman–Crippen MR) is 151 cm³/mol. The first kappa shape index (κ1) is 25.7. The number of anilines is 1. The van der Waals surface area contributed by atoms with Gasteiger partial charge in [0.1, 0.15) is 11.5 Å². The van der Waals surface area contributed by atoms with Crippen LogP contribution in [0.4, 0.5) is 10.1 Å². The average Bonchev–Trinajstić information content (AvgIpc) is 3.56. The zero-order valence-electron chi connectivity index (χ0n) is 22.6. The van der Waals surface area contributed by atoms with Gasteiger partial charge in [-0.3, -0.25) is 19.7 Å². The third kappa shape index (κ3) is 5.46. The molecule has 1 aliphatic heterocycles. The standard InChI is InChI=1S/C30H36FN7O/c1-19-6-9-22(10-7-19)38-14-12-37(13-15-38)18-21-8-11-24-25(16-21)34-29(33-24)28-26(17-32-36-28)35-30(39)27-20(2)4-3-5-23(27)31/h3-5,8,11,16-17,19,22H,6-7,9-10,12-15,18H2,1-2H3,(H,32,36)(H,33,34)(H,35,39). The SMILES string of the molecule is Cc1cccc(F)c1C(=O)Nc1cn[nH]c1-c1nc2ccc(CN3CCN(C4CCC(C)CC4)CC3)cc2[nH]1. The summed E-state index contributed by atoms with van der Waals surface area (Å²) >= 11 is 0. The molecular weight excluding hydrogens is 493 g/mol. The number of aromatic amines is 2. The molecule has 0 unspecified atom stereocenters. The number of nitrogens with one attached hydrogen (secondary N) is 3. The second-order valence-corrected chi connectivity index (χ2v) is 11.2. The molecule has 2 aromatic heterocycles. The number of aryl methyl sites for hydroxylation is 1. The number of aromatic nitrogens is 4. The maximum absolute atomic E-state index is 14.3. The lowest BCUT2D eigenvalue weighted by molar-refractivity contribution is 0.0689. The predicted octanol–water partition coefficient (Wildman–Crippen LogP) is 5.35. The molecular formula is C30H36FN7O. The van der Waals surface area contributed by atoms with Gasteiger partial charge in [-0.05, 0) is 67.9 Å². The maximum Gasteiger partial charge on any atom is 0.259 e. The van der Waals surface area contributed by atoms with Crippen molar-refractivity contribution in [2.24, 2.45) is 5.92 Å². The Morgan fingerprint density at radius 3 is 2.67 bits per heavy atom. The van der Waals surface area contributed by atoms with Crippen molar-refractivity contribution in [3.8, 4) is 11.5 Å². The van der Waals surface area contributed by atoms with E-state index in [1.54, 1.807) is 19.1 Å². The van der Waals surface area contributed by atoms with E-state index in [9.17, 15) is 9.18 Å². The summed E-state index contributed by atoms with van der Waals surface area (Å²) in [4.78, 5) is 26.2. The Balaban J connectivity index is 1.12. The molecule has 39 heavy (non-hydrogen) atoms. The zero-order chi connectivity index (χ0) is 26.9. The van der Waals surface area contributed by atoms with Crippen LogP contribution in [-0.4, -0.2) is 68.1 Å². The summed E-state index contributed by atoms with van der Waals surface area (Å²) in [6.07, 6.45) is 6.95. The second-order valence-electron chi connectivity index (χ2n) is 11.2. The lowest BCUT2D eigenvalue weighted by Gasteiger charge is -2.41. The van der Waals surface area contributed by atoms with E-state index in [0.717, 1.165) is 55.7 Å². The minimum Gasteiger partial charge on any atom is -0.337 e. The van der Waals surface area contributed by atoms with E-state index in [0.29, 0.717) is 22.8 Å². The van der Waals surface area contributed by atoms with Crippen molar-refractivity contribution < 1.29 is 9.18 Å². The third-order valence-corrected chi connectivity index (χ3v) is 8.43. The van der Waals surface area contributed by atoms with Gasteiger partial charge in [0.25, 0.3) is 5.91 Å². The minimum absolute atomic E-state index is 0.0214. The highest BCUT2D eigenvalue weighted by Gasteiger charge is 2.27. The number of carbonyl (C=O) groups is 1. The molecule has 0 atom stereocenters. The first-order valence-electron chi connectivity index (χ1n) is 14.0. The highest BCUT2D eigenvalue weighted by atomic mass is 19.1. The normalized spacial score (nSPS) is 20.9. The van der Waals surface area contributed by atoms with Crippen LogP contribution >= 0.6 is 0 Å². The summed E-state index contributed by atoms with van der Waals surface area (Å²) in [7, 11) is 0. The molecule has 8 nitrogen and oxygen atoms in total. The van der Waals surface area contributed by atoms with Crippen LogP contribution in [0.5, 0.6) is 0 Å². The molecule has 204 valence electrons. The van der Waals surface area contributed by atoms with Crippen molar-refractivity contribution in [1.82, 2.24) is 30.0 Å². The van der Waals surface area contributed by atoms with E-state index in [-0.39, 0.29) is 5.56 Å². The van der Waals surface area contributed by atoms with E-state index in [4.69, 9.17) is 4.98 Å². The first-order valence-corrected chi connectivity index (χ1v) is 14.0. The summed E-state index contributed by atoms with van der Waals surface area (Å²) in [6.45, 7) is 9.49. The highest BCUT2D eigenvalue weighted by Crippen LogP contribution is 2.29. The number of H-pyrrole nitrogens is 2. The van der Waals surface area contributed by atoms with Gasteiger partial charge in [0.05, 0.1) is 28.5 Å². The van der Waals surface area contributed by atoms with Crippen molar-refractivity contribution >= 4 is 22.6 Å². The van der Waals surface area contributed by atoms with Gasteiger partial charge in [-0.25, -0.2) is 9.37 Å². The van der Waals surface area contributed by atoms with Crippen LogP contribution < -0.4 is 5.32 Å². The smallest absolute Gasteiger partial charge is 0.259 e. The van der Waals surface area contributed by atoms with Gasteiger partial charge < -0.3 is 10.3 Å². The van der Waals surface area contributed by atoms with Crippen LogP contribution in [0.2, 0.25) is 0 Å². The molecule has 0 spiro atoms. The molecule has 2 aromatic carbocycles. The number of halogens is 1. The van der Waals surface area contributed by atoms with Gasteiger partial charge in [-0.2, -0.15) is 5.10 Å². The Morgan fingerprint density at radius 1 is 1.10 bits per heavy atom. The number of hydrogen-bond acceptors (Lipinski definition) is 5. The molecule has 1 saturated carbocycles. The number of nitrogens with zero attached hydrogens (tertiary/aromatic N) is 4. The second kappa shape index (κ2) is 10.9. The number of rotatable bonds is 6. The van der Waals surface area contributed by atoms with Crippen LogP contribution in [0.3, 0.4) is 0 Å². The fourth-order valence-electron chi connectivity index (χ4n) is 6.09. The third-order valence-electron chi connectivity index (χ3n) is 8.43. The summed E-state index contributed by atoms with van der Waals surface area (Å²) in [5.41, 5.74) is 4.57. The summed E-state index contributed by atoms with van der Waals surface area (Å²) in [6, 6.07) is 11.7. The number of fused-ring (bicyclic) bond motifs is 1. The quantitative estimate of drug-likeness (QED) is 0.313. The van der Waals surface area contributed by atoms with Crippen LogP contribution in [0.25, 0.3) is 22.6 Å². The molecule has 2 aliphatic rings. The Kier molecular flexibility index (Phi) is 7.18. The summed E-state index contributed by atoms with van der Waals surface area (Å²) in [5.74, 6) is 0.376. The Bertz CT molecular complexity index is 1440. The average molecular weight is 530 g/mol. The van der Waals surface area contributed by atoms with E-state index in [2.05, 4.69) is 49.4 Å². The van der Waals surface area contributed by atoms with Gasteiger partial charge in [-0.15, -0.1) is 0 Å². The Morgan fingerprint density at radius 2 is 1.90 bits per heavy atom. The maximum atomic E-state index is 14.3. The van der Waals surface area contributed by atoms with Crippen LogP contribution in [0, 0.1) is 18.7 Å². The molecule has 1 amide bonds. The molecule has 9 heteroatoms. The first-order chi connectivity index (χ1) is 18.9. The molecule has 6 rings (SSSR count). The Hall–Kier alpha value is -3.56. The monoisotopic (exact) mass is 529 g/mol. The van der Waals surface area contributed by atoms with Crippen LogP contribution in [0.1, 0.15) is 54.1 Å². The van der Waals surface area contributed by atoms with E-state index in [1.165, 1.54) is 43.5 Å². The lowest BCUT2D eigenvalue weighted by Crippen LogP contribution is -2.50. The zero-order valence-corrected chi connectivity index (χ0v) is 22.6. The van der Waals surface area contributed by atoms with Crippen LogP contribution in [0.15, 0.2) is 42.6 Å². The van der Waals surface area contributed by atoms with Crippen LogP contribution in [-0.2, 0) is 6.54 Å². The van der Waals surface area contributed by atoms with Crippen molar-refractivity contribution in [1.29, 1.82) is 0 Å². The topological polar surface area (TPSA) is 92.9 Å². The van der Waals surface area contributed by atoms with E-state index >= 15 is 0 Å². The number of amides is 1. The molecule has 4 aromatic rings. The Labute approximate surface area is 228 Å². The molecule has 3 heterocycles. The van der Waals surface area contributed by atoms with Crippen molar-refractivity contribution in [2.45, 2.75) is 52.1 Å². The minimum atomic E-state index is -0.557.